The molecule has 3 heterocycles. The Kier molecular flexibility index (Phi) is 11.7. The predicted molar refractivity (Wildman–Crippen MR) is 156 cm³/mol. The van der Waals surface area contributed by atoms with E-state index in [1.807, 2.05) is 20.8 Å². The van der Waals surface area contributed by atoms with Crippen molar-refractivity contribution in [3.05, 3.63) is 28.2 Å². The maximum atomic E-state index is 12.7. The SMILES string of the molecule is CC(C)(C)SSCOC1C[C@H](n2cc(C#CCN)c3c(=O)[nH]c(N)cc32)O[C@@H]1COP(=O)(O)OP(=O)(O)OP(=O)(O)O. The lowest BCUT2D eigenvalue weighted by molar-refractivity contribution is -0.0519. The molecule has 1 fully saturated rings. The van der Waals surface area contributed by atoms with Crippen molar-refractivity contribution in [3.63, 3.8) is 0 Å². The summed E-state index contributed by atoms with van der Waals surface area (Å²) in [7, 11) is -13.7. The van der Waals surface area contributed by atoms with Crippen LogP contribution < -0.4 is 17.0 Å². The van der Waals surface area contributed by atoms with Crippen molar-refractivity contribution in [2.75, 3.05) is 24.8 Å². The Morgan fingerprint density at radius 3 is 2.50 bits per heavy atom. The first-order chi connectivity index (χ1) is 19.3. The molecule has 3 rings (SSSR count). The Bertz CT molecular complexity index is 1540. The molecule has 2 aromatic heterocycles. The fourth-order valence-electron chi connectivity index (χ4n) is 3.77. The number of nitrogens with zero attached hydrogens (tertiary/aromatic N) is 1. The van der Waals surface area contributed by atoms with Gasteiger partial charge in [0.25, 0.3) is 5.56 Å². The van der Waals surface area contributed by atoms with Gasteiger partial charge in [-0.3, -0.25) is 9.32 Å². The standard InChI is InChI=1S/C20H31N4O13P3S2/c1-20(2,3)42-41-11-33-14-8-17(24-9-12(5-4-6-21)18-13(24)7-16(22)23-19(18)25)35-15(14)10-34-39(29,30)37-40(31,32)36-38(26,27)28/h7,9,14-15,17H,6,8,10-11,21H2,1-3H3,(H,29,30)(H,31,32)(H3,22,23,25)(H2,26,27,28)/t14?,15-,17-/m1/s1. The average Bonchev–Trinajstić information content (AvgIpc) is 3.37. The van der Waals surface area contributed by atoms with E-state index in [2.05, 4.69) is 25.4 Å². The first-order valence-corrected chi connectivity index (χ1v) is 18.7. The second-order valence-electron chi connectivity index (χ2n) is 9.66. The molecule has 0 bridgehead atoms. The van der Waals surface area contributed by atoms with Crippen molar-refractivity contribution in [1.82, 2.24) is 9.55 Å². The fraction of sp³-hybridized carbons (Fsp3) is 0.550. The number of phosphoric acid groups is 3. The Morgan fingerprint density at radius 2 is 1.88 bits per heavy atom. The van der Waals surface area contributed by atoms with Gasteiger partial charge in [0, 0.05) is 23.4 Å². The van der Waals surface area contributed by atoms with Gasteiger partial charge in [-0.15, -0.1) is 0 Å². The van der Waals surface area contributed by atoms with Crippen molar-refractivity contribution in [2.45, 2.75) is 50.4 Å². The molecule has 22 heteroatoms. The monoisotopic (exact) mass is 692 g/mol. The number of fused-ring (bicyclic) bond motifs is 1. The third kappa shape index (κ3) is 10.5. The van der Waals surface area contributed by atoms with Gasteiger partial charge < -0.3 is 50.1 Å². The molecule has 0 aliphatic carbocycles. The van der Waals surface area contributed by atoms with Crippen LogP contribution in [0.1, 0.15) is 39.0 Å². The van der Waals surface area contributed by atoms with Gasteiger partial charge >= 0.3 is 23.5 Å². The van der Waals surface area contributed by atoms with Gasteiger partial charge in [-0.1, -0.05) is 54.2 Å². The van der Waals surface area contributed by atoms with Gasteiger partial charge in [-0.25, -0.2) is 13.7 Å². The minimum atomic E-state index is -5.70. The normalized spacial score (nSPS) is 22.4. The van der Waals surface area contributed by atoms with E-state index in [-0.39, 0.29) is 34.9 Å². The molecule has 1 aliphatic rings. The van der Waals surface area contributed by atoms with Crippen LogP contribution in [-0.4, -0.2) is 65.2 Å². The second kappa shape index (κ2) is 13.9. The number of aromatic nitrogens is 2. The van der Waals surface area contributed by atoms with Crippen LogP contribution in [0, 0.1) is 11.8 Å². The van der Waals surface area contributed by atoms with E-state index in [0.717, 1.165) is 0 Å². The Labute approximate surface area is 247 Å². The fourth-order valence-corrected chi connectivity index (χ4v) is 8.80. The molecule has 42 heavy (non-hydrogen) atoms. The van der Waals surface area contributed by atoms with Gasteiger partial charge in [-0.05, 0) is 0 Å². The van der Waals surface area contributed by atoms with Crippen LogP contribution in [0.3, 0.4) is 0 Å². The molecule has 0 saturated carbocycles. The first kappa shape index (κ1) is 35.3. The number of ether oxygens (including phenoxy) is 2. The Hall–Kier alpha value is -1.16. The molecule has 1 aliphatic heterocycles. The van der Waals surface area contributed by atoms with E-state index in [1.165, 1.54) is 16.9 Å². The largest absolute Gasteiger partial charge is 0.490 e. The summed E-state index contributed by atoms with van der Waals surface area (Å²) in [4.78, 5) is 52.0. The minimum absolute atomic E-state index is 0.0440. The lowest BCUT2D eigenvalue weighted by Gasteiger charge is -2.22. The number of nitrogens with two attached hydrogens (primary N) is 2. The van der Waals surface area contributed by atoms with E-state index < -0.39 is 54.1 Å². The Balaban J connectivity index is 1.86. The number of aromatic amines is 1. The molecule has 9 N–H and O–H groups in total. The summed E-state index contributed by atoms with van der Waals surface area (Å²) in [6, 6.07) is 1.51. The number of H-pyrrole nitrogens is 1. The van der Waals surface area contributed by atoms with E-state index >= 15 is 0 Å². The second-order valence-corrected chi connectivity index (χ2v) is 17.1. The van der Waals surface area contributed by atoms with Crippen molar-refractivity contribution in [3.8, 4) is 11.8 Å². The van der Waals surface area contributed by atoms with Crippen molar-refractivity contribution >= 4 is 61.8 Å². The van der Waals surface area contributed by atoms with E-state index in [4.69, 9.17) is 35.3 Å². The summed E-state index contributed by atoms with van der Waals surface area (Å²) >= 11 is 0. The molecular formula is C20H31N4O13P3S2. The van der Waals surface area contributed by atoms with Gasteiger partial charge in [0.15, 0.2) is 0 Å². The molecular weight excluding hydrogens is 661 g/mol. The topological polar surface area (TPSA) is 268 Å². The van der Waals surface area contributed by atoms with E-state index in [1.54, 1.807) is 21.6 Å². The lowest BCUT2D eigenvalue weighted by Crippen LogP contribution is -2.29. The van der Waals surface area contributed by atoms with E-state index in [9.17, 15) is 28.3 Å². The number of nitrogens with one attached hydrogen (secondary N) is 1. The summed E-state index contributed by atoms with van der Waals surface area (Å²) in [5.41, 5.74) is 11.6. The molecule has 0 spiro atoms. The molecule has 1 saturated heterocycles. The molecule has 236 valence electrons. The summed E-state index contributed by atoms with van der Waals surface area (Å²) in [5, 5.41) is 0.236. The lowest BCUT2D eigenvalue weighted by atomic mass is 10.2. The number of hydrogen-bond donors (Lipinski definition) is 7. The van der Waals surface area contributed by atoms with Crippen molar-refractivity contribution in [1.29, 1.82) is 0 Å². The summed E-state index contributed by atoms with van der Waals surface area (Å²) in [6.07, 6.45) is -0.910. The summed E-state index contributed by atoms with van der Waals surface area (Å²) < 4.78 is 60.8. The third-order valence-corrected chi connectivity index (χ3v) is 11.9. The minimum Gasteiger partial charge on any atom is -0.385 e. The summed E-state index contributed by atoms with van der Waals surface area (Å²) in [5.74, 6) is 5.79. The number of nitrogen functional groups attached to an aromatic ring is 1. The molecule has 0 aromatic carbocycles. The van der Waals surface area contributed by atoms with Crippen molar-refractivity contribution < 1.29 is 55.9 Å². The van der Waals surface area contributed by atoms with Gasteiger partial charge in [-0.2, -0.15) is 8.62 Å². The average molecular weight is 693 g/mol. The highest BCUT2D eigenvalue weighted by molar-refractivity contribution is 8.77. The smallest absolute Gasteiger partial charge is 0.385 e. The summed E-state index contributed by atoms with van der Waals surface area (Å²) in [6.45, 7) is 5.37. The van der Waals surface area contributed by atoms with Crippen LogP contribution >= 0.6 is 45.1 Å². The van der Waals surface area contributed by atoms with E-state index in [0.29, 0.717) is 11.1 Å². The zero-order valence-corrected chi connectivity index (χ0v) is 26.8. The molecule has 0 radical (unpaired) electrons. The highest BCUT2D eigenvalue weighted by atomic mass is 33.1. The quantitative estimate of drug-likeness (QED) is 0.0553. The van der Waals surface area contributed by atoms with Gasteiger partial charge in [0.05, 0.1) is 35.7 Å². The number of anilines is 1. The predicted octanol–water partition coefficient (Wildman–Crippen LogP) is 2.38. The van der Waals surface area contributed by atoms with Crippen LogP contribution in [0.5, 0.6) is 0 Å². The molecule has 5 atom stereocenters. The van der Waals surface area contributed by atoms with Crippen LogP contribution in [0.15, 0.2) is 17.1 Å². The number of hydrogen-bond acceptors (Lipinski definition) is 13. The molecule has 0 amide bonds. The van der Waals surface area contributed by atoms with Crippen LogP contribution in [0.25, 0.3) is 10.9 Å². The third-order valence-electron chi connectivity index (χ3n) is 5.12. The maximum absolute atomic E-state index is 12.7. The molecule has 3 unspecified atom stereocenters. The van der Waals surface area contributed by atoms with Crippen LogP contribution in [-0.2, 0) is 36.3 Å². The van der Waals surface area contributed by atoms with Crippen LogP contribution in [0.2, 0.25) is 0 Å². The highest BCUT2D eigenvalue weighted by Gasteiger charge is 2.43. The molecule has 2 aromatic rings. The zero-order valence-electron chi connectivity index (χ0n) is 22.4. The van der Waals surface area contributed by atoms with Crippen LogP contribution in [0.4, 0.5) is 5.82 Å². The molecule has 17 nitrogen and oxygen atoms in total. The number of rotatable bonds is 12. The first-order valence-electron chi connectivity index (χ1n) is 11.9. The van der Waals surface area contributed by atoms with Gasteiger partial charge in [0.2, 0.25) is 0 Å². The maximum Gasteiger partial charge on any atom is 0.490 e. The Morgan fingerprint density at radius 1 is 1.19 bits per heavy atom. The van der Waals surface area contributed by atoms with Crippen molar-refractivity contribution in [2.24, 2.45) is 5.73 Å². The van der Waals surface area contributed by atoms with Gasteiger partial charge in [0.1, 0.15) is 24.1 Å². The number of phosphoric ester groups is 1. The zero-order chi connectivity index (χ0) is 31.5. The number of pyridine rings is 1. The highest BCUT2D eigenvalue weighted by Crippen LogP contribution is 2.66.